The third kappa shape index (κ3) is 2.03. The van der Waals surface area contributed by atoms with E-state index in [0.29, 0.717) is 6.42 Å². The van der Waals surface area contributed by atoms with Crippen LogP contribution in [-0.2, 0) is 4.79 Å². The van der Waals surface area contributed by atoms with Crippen molar-refractivity contribution >= 4 is 5.91 Å². The van der Waals surface area contributed by atoms with E-state index < -0.39 is 0 Å². The number of methoxy groups -OCH3 is 1. The molecule has 1 amide bonds. The number of hydrogen-bond donors (Lipinski definition) is 1. The summed E-state index contributed by atoms with van der Waals surface area (Å²) in [5.74, 6) is 1.62. The van der Waals surface area contributed by atoms with Gasteiger partial charge in [-0.25, -0.2) is 0 Å². The Labute approximate surface area is 88.2 Å². The summed E-state index contributed by atoms with van der Waals surface area (Å²) in [6, 6.07) is 5.58. The molecule has 1 aromatic carbocycles. The lowest BCUT2D eigenvalue weighted by atomic mass is 10.2. The summed E-state index contributed by atoms with van der Waals surface area (Å²) in [7, 11) is 1.63. The number of aryl methyl sites for hydroxylation is 1. The lowest BCUT2D eigenvalue weighted by molar-refractivity contribution is -0.134. The second-order valence-electron chi connectivity index (χ2n) is 3.51. The molecule has 4 nitrogen and oxygen atoms in total. The zero-order valence-corrected chi connectivity index (χ0v) is 8.74. The molecule has 0 spiro atoms. The topological polar surface area (TPSA) is 47.6 Å². The summed E-state index contributed by atoms with van der Waals surface area (Å²) in [5.41, 5.74) is 0.996. The highest BCUT2D eigenvalue weighted by atomic mass is 16.5. The van der Waals surface area contributed by atoms with Gasteiger partial charge in [0.05, 0.1) is 13.5 Å². The number of hydrogen-bond acceptors (Lipinski definition) is 3. The Kier molecular flexibility index (Phi) is 2.49. The van der Waals surface area contributed by atoms with Gasteiger partial charge in [-0.05, 0) is 30.7 Å². The quantitative estimate of drug-likeness (QED) is 0.758. The summed E-state index contributed by atoms with van der Waals surface area (Å²) in [6.45, 7) is 1.94. The Morgan fingerprint density at radius 1 is 1.47 bits per heavy atom. The van der Waals surface area contributed by atoms with Crippen molar-refractivity contribution in [2.45, 2.75) is 19.6 Å². The van der Waals surface area contributed by atoms with E-state index in [1.807, 2.05) is 25.1 Å². The van der Waals surface area contributed by atoms with Crippen LogP contribution in [0.15, 0.2) is 18.2 Å². The third-order valence-corrected chi connectivity index (χ3v) is 2.34. The minimum Gasteiger partial charge on any atom is -0.497 e. The molecule has 1 fully saturated rings. The molecule has 1 atom stereocenters. The predicted octanol–water partition coefficient (Wildman–Crippen LogP) is 1.23. The molecule has 0 aliphatic carbocycles. The van der Waals surface area contributed by atoms with E-state index >= 15 is 0 Å². The summed E-state index contributed by atoms with van der Waals surface area (Å²) in [4.78, 5) is 10.7. The van der Waals surface area contributed by atoms with E-state index in [0.717, 1.165) is 17.1 Å². The Bertz CT molecular complexity index is 381. The largest absolute Gasteiger partial charge is 0.497 e. The Morgan fingerprint density at radius 2 is 2.20 bits per heavy atom. The van der Waals surface area contributed by atoms with Crippen molar-refractivity contribution in [1.82, 2.24) is 5.32 Å². The molecule has 1 heterocycles. The lowest BCUT2D eigenvalue weighted by Crippen LogP contribution is -2.51. The molecule has 0 unspecified atom stereocenters. The van der Waals surface area contributed by atoms with Gasteiger partial charge in [0, 0.05) is 0 Å². The van der Waals surface area contributed by atoms with E-state index in [1.54, 1.807) is 7.11 Å². The maximum Gasteiger partial charge on any atom is 0.228 e. The monoisotopic (exact) mass is 207 g/mol. The van der Waals surface area contributed by atoms with Crippen molar-refractivity contribution in [3.8, 4) is 11.5 Å². The fraction of sp³-hybridized carbons (Fsp3) is 0.364. The smallest absolute Gasteiger partial charge is 0.228 e. The molecule has 2 rings (SSSR count). The van der Waals surface area contributed by atoms with Crippen LogP contribution in [0.25, 0.3) is 0 Å². The molecular formula is C11H13NO3. The number of carbonyl (C=O) groups is 1. The molecule has 0 radical (unpaired) electrons. The van der Waals surface area contributed by atoms with E-state index in [2.05, 4.69) is 5.32 Å². The molecule has 1 aromatic rings. The van der Waals surface area contributed by atoms with Gasteiger partial charge in [0.25, 0.3) is 0 Å². The van der Waals surface area contributed by atoms with Crippen molar-refractivity contribution in [3.05, 3.63) is 23.8 Å². The zero-order valence-electron chi connectivity index (χ0n) is 8.74. The molecule has 15 heavy (non-hydrogen) atoms. The van der Waals surface area contributed by atoms with Gasteiger partial charge in [0.1, 0.15) is 11.5 Å². The minimum atomic E-state index is -0.176. The number of rotatable bonds is 3. The lowest BCUT2D eigenvalue weighted by Gasteiger charge is -2.28. The first kappa shape index (κ1) is 9.83. The van der Waals surface area contributed by atoms with Crippen molar-refractivity contribution in [2.24, 2.45) is 0 Å². The Balaban J connectivity index is 2.05. The van der Waals surface area contributed by atoms with Gasteiger partial charge in [-0.1, -0.05) is 0 Å². The number of β-lactam (4-membered cyclic amide) rings is 1. The molecule has 1 N–H and O–H groups in total. The first-order chi connectivity index (χ1) is 7.19. The van der Waals surface area contributed by atoms with Crippen LogP contribution in [0.3, 0.4) is 0 Å². The van der Waals surface area contributed by atoms with Gasteiger partial charge < -0.3 is 14.8 Å². The van der Waals surface area contributed by atoms with Gasteiger partial charge in [0.2, 0.25) is 5.91 Å². The average Bonchev–Trinajstić information content (AvgIpc) is 2.18. The number of ether oxygens (including phenoxy) is 2. The fourth-order valence-electron chi connectivity index (χ4n) is 1.43. The zero-order chi connectivity index (χ0) is 10.8. The Morgan fingerprint density at radius 3 is 2.73 bits per heavy atom. The maximum atomic E-state index is 10.7. The fourth-order valence-corrected chi connectivity index (χ4v) is 1.43. The van der Waals surface area contributed by atoms with Crippen molar-refractivity contribution in [1.29, 1.82) is 0 Å². The SMILES string of the molecule is COc1ccc(O[C@H]2CC(=O)N2)c(C)c1. The first-order valence-electron chi connectivity index (χ1n) is 4.79. The summed E-state index contributed by atoms with van der Waals surface area (Å²) in [5, 5.41) is 2.65. The van der Waals surface area contributed by atoms with E-state index in [4.69, 9.17) is 9.47 Å². The number of carbonyl (C=O) groups excluding carboxylic acids is 1. The van der Waals surface area contributed by atoms with Crippen LogP contribution in [0.4, 0.5) is 0 Å². The van der Waals surface area contributed by atoms with Gasteiger partial charge in [-0.3, -0.25) is 4.79 Å². The minimum absolute atomic E-state index is 0.0335. The predicted molar refractivity (Wildman–Crippen MR) is 54.9 cm³/mol. The molecule has 0 aromatic heterocycles. The normalized spacial score (nSPS) is 19.1. The second-order valence-corrected chi connectivity index (χ2v) is 3.51. The summed E-state index contributed by atoms with van der Waals surface area (Å²) < 4.78 is 10.7. The molecule has 1 aliphatic rings. The molecule has 1 aliphatic heterocycles. The van der Waals surface area contributed by atoms with Crippen LogP contribution in [0.2, 0.25) is 0 Å². The van der Waals surface area contributed by atoms with Crippen LogP contribution in [0.5, 0.6) is 11.5 Å². The molecule has 4 heteroatoms. The van der Waals surface area contributed by atoms with Crippen molar-refractivity contribution < 1.29 is 14.3 Å². The number of nitrogens with one attached hydrogen (secondary N) is 1. The highest BCUT2D eigenvalue weighted by molar-refractivity contribution is 5.82. The van der Waals surface area contributed by atoms with E-state index in [1.165, 1.54) is 0 Å². The van der Waals surface area contributed by atoms with Gasteiger partial charge >= 0.3 is 0 Å². The molecule has 1 saturated heterocycles. The number of amides is 1. The summed E-state index contributed by atoms with van der Waals surface area (Å²) >= 11 is 0. The van der Waals surface area contributed by atoms with E-state index in [9.17, 15) is 4.79 Å². The van der Waals surface area contributed by atoms with E-state index in [-0.39, 0.29) is 12.1 Å². The molecule has 0 saturated carbocycles. The summed E-state index contributed by atoms with van der Waals surface area (Å²) in [6.07, 6.45) is 0.260. The molecular weight excluding hydrogens is 194 g/mol. The maximum absolute atomic E-state index is 10.7. The standard InChI is InChI=1S/C11H13NO3/c1-7-5-8(14-2)3-4-9(7)15-11-6-10(13)12-11/h3-5,11H,6H2,1-2H3,(H,12,13)/t11-/m0/s1. The van der Waals surface area contributed by atoms with Crippen LogP contribution >= 0.6 is 0 Å². The van der Waals surface area contributed by atoms with Crippen molar-refractivity contribution in [3.63, 3.8) is 0 Å². The second kappa shape index (κ2) is 3.81. The average molecular weight is 207 g/mol. The van der Waals surface area contributed by atoms with Crippen molar-refractivity contribution in [2.75, 3.05) is 7.11 Å². The van der Waals surface area contributed by atoms with Gasteiger partial charge in [-0.15, -0.1) is 0 Å². The third-order valence-electron chi connectivity index (χ3n) is 2.34. The first-order valence-corrected chi connectivity index (χ1v) is 4.79. The van der Waals surface area contributed by atoms with Crippen LogP contribution in [0.1, 0.15) is 12.0 Å². The molecule has 0 bridgehead atoms. The Hall–Kier alpha value is -1.71. The van der Waals surface area contributed by atoms with Crippen LogP contribution < -0.4 is 14.8 Å². The highest BCUT2D eigenvalue weighted by Gasteiger charge is 2.27. The van der Waals surface area contributed by atoms with Gasteiger partial charge in [0.15, 0.2) is 6.23 Å². The highest BCUT2D eigenvalue weighted by Crippen LogP contribution is 2.25. The van der Waals surface area contributed by atoms with Gasteiger partial charge in [-0.2, -0.15) is 0 Å². The van der Waals surface area contributed by atoms with Crippen LogP contribution in [-0.4, -0.2) is 19.2 Å². The van der Waals surface area contributed by atoms with Crippen LogP contribution in [0, 0.1) is 6.92 Å². The number of benzene rings is 1. The molecule has 80 valence electrons.